The summed E-state index contributed by atoms with van der Waals surface area (Å²) in [5.74, 6) is 0.581. The summed E-state index contributed by atoms with van der Waals surface area (Å²) in [4.78, 5) is 26.5. The Morgan fingerprint density at radius 3 is 2.65 bits per heavy atom. The first kappa shape index (κ1) is 17.1. The van der Waals surface area contributed by atoms with Gasteiger partial charge in [0.05, 0.1) is 18.6 Å². The fraction of sp³-hybridized carbons (Fsp3) is 0.500. The van der Waals surface area contributed by atoms with E-state index in [2.05, 4.69) is 0 Å². The lowest BCUT2D eigenvalue weighted by Crippen LogP contribution is -2.43. The molecule has 6 nitrogen and oxygen atoms in total. The number of carbonyl (C=O) groups excluding carboxylic acids is 1. The summed E-state index contributed by atoms with van der Waals surface area (Å²) in [6.45, 7) is 4.24. The summed E-state index contributed by atoms with van der Waals surface area (Å²) < 4.78 is 16.8. The van der Waals surface area contributed by atoms with Crippen LogP contribution < -0.4 is 10.4 Å². The Hall–Kier alpha value is -2.34. The fourth-order valence-corrected chi connectivity index (χ4v) is 3.82. The van der Waals surface area contributed by atoms with Gasteiger partial charge in [0.1, 0.15) is 11.3 Å². The Morgan fingerprint density at radius 1 is 1.15 bits per heavy atom. The number of ether oxygens (including phenoxy) is 2. The number of rotatable bonds is 3. The first-order chi connectivity index (χ1) is 12.6. The zero-order valence-corrected chi connectivity index (χ0v) is 15.0. The van der Waals surface area contributed by atoms with Gasteiger partial charge in [0.15, 0.2) is 6.61 Å². The Kier molecular flexibility index (Phi) is 4.68. The Morgan fingerprint density at radius 2 is 1.88 bits per heavy atom. The molecule has 0 N–H and O–H groups in total. The van der Waals surface area contributed by atoms with Crippen molar-refractivity contribution in [3.8, 4) is 5.75 Å². The number of aryl methyl sites for hydroxylation is 2. The van der Waals surface area contributed by atoms with Crippen molar-refractivity contribution in [3.05, 3.63) is 39.2 Å². The molecule has 2 aromatic rings. The summed E-state index contributed by atoms with van der Waals surface area (Å²) in [6, 6.07) is 3.78. The number of fused-ring (bicyclic) bond motifs is 3. The van der Waals surface area contributed by atoms with Crippen molar-refractivity contribution in [1.29, 1.82) is 0 Å². The molecule has 0 saturated carbocycles. The number of carbonyl (C=O) groups is 1. The van der Waals surface area contributed by atoms with Crippen LogP contribution in [0.5, 0.6) is 5.75 Å². The standard InChI is InChI=1S/C20H23NO5/c1-13-10-16(25-12-18(22)21-6-8-24-9-7-21)19-14-4-2-3-5-15(14)20(23)26-17(19)11-13/h10-11H,2-9,12H2,1H3. The average Bonchev–Trinajstić information content (AvgIpc) is 2.66. The molecular formula is C20H23NO5. The molecule has 1 saturated heterocycles. The van der Waals surface area contributed by atoms with Crippen molar-refractivity contribution >= 4 is 16.9 Å². The second-order valence-corrected chi connectivity index (χ2v) is 6.97. The van der Waals surface area contributed by atoms with Gasteiger partial charge in [-0.15, -0.1) is 0 Å². The molecule has 0 unspecified atom stereocenters. The fourth-order valence-electron chi connectivity index (χ4n) is 3.82. The molecule has 2 aliphatic rings. The third-order valence-corrected chi connectivity index (χ3v) is 5.14. The van der Waals surface area contributed by atoms with Gasteiger partial charge in [0.25, 0.3) is 5.91 Å². The van der Waals surface area contributed by atoms with Crippen LogP contribution in [-0.4, -0.2) is 43.7 Å². The summed E-state index contributed by atoms with van der Waals surface area (Å²) in [5.41, 5.74) is 3.02. The van der Waals surface area contributed by atoms with E-state index in [4.69, 9.17) is 13.9 Å². The first-order valence-electron chi connectivity index (χ1n) is 9.21. The molecule has 1 aliphatic heterocycles. The molecule has 1 aliphatic carbocycles. The van der Waals surface area contributed by atoms with Gasteiger partial charge in [-0.05, 0) is 55.9 Å². The van der Waals surface area contributed by atoms with Crippen LogP contribution in [-0.2, 0) is 22.4 Å². The molecule has 6 heteroatoms. The zero-order chi connectivity index (χ0) is 18.1. The maximum absolute atomic E-state index is 12.4. The largest absolute Gasteiger partial charge is 0.483 e. The minimum absolute atomic E-state index is 0.0214. The third-order valence-electron chi connectivity index (χ3n) is 5.14. The van der Waals surface area contributed by atoms with Gasteiger partial charge in [-0.1, -0.05) is 0 Å². The number of amides is 1. The Bertz CT molecular complexity index is 895. The van der Waals surface area contributed by atoms with E-state index >= 15 is 0 Å². The maximum atomic E-state index is 12.4. The average molecular weight is 357 g/mol. The lowest BCUT2D eigenvalue weighted by Gasteiger charge is -2.27. The summed E-state index contributed by atoms with van der Waals surface area (Å²) in [7, 11) is 0. The van der Waals surface area contributed by atoms with Crippen LogP contribution in [0.4, 0.5) is 0 Å². The molecule has 2 heterocycles. The molecule has 0 radical (unpaired) electrons. The number of hydrogen-bond donors (Lipinski definition) is 0. The number of benzene rings is 1. The van der Waals surface area contributed by atoms with Crippen molar-refractivity contribution in [2.24, 2.45) is 0 Å². The van der Waals surface area contributed by atoms with Gasteiger partial charge in [0, 0.05) is 18.7 Å². The van der Waals surface area contributed by atoms with E-state index in [1.807, 2.05) is 19.1 Å². The molecule has 1 aromatic carbocycles. The molecule has 1 aromatic heterocycles. The van der Waals surface area contributed by atoms with Gasteiger partial charge < -0.3 is 18.8 Å². The molecule has 0 bridgehead atoms. The van der Waals surface area contributed by atoms with Crippen molar-refractivity contribution < 1.29 is 18.7 Å². The zero-order valence-electron chi connectivity index (χ0n) is 15.0. The van der Waals surface area contributed by atoms with E-state index in [9.17, 15) is 9.59 Å². The van der Waals surface area contributed by atoms with Gasteiger partial charge in [-0.3, -0.25) is 4.79 Å². The highest BCUT2D eigenvalue weighted by molar-refractivity contribution is 5.89. The minimum Gasteiger partial charge on any atom is -0.483 e. The number of morpholine rings is 1. The first-order valence-corrected chi connectivity index (χ1v) is 9.21. The SMILES string of the molecule is Cc1cc(OCC(=O)N2CCOCC2)c2c3c(c(=O)oc2c1)CCCC3. The molecule has 1 amide bonds. The van der Waals surface area contributed by atoms with E-state index in [1.54, 1.807) is 4.90 Å². The predicted molar refractivity (Wildman–Crippen MR) is 96.8 cm³/mol. The van der Waals surface area contributed by atoms with Crippen LogP contribution in [0.3, 0.4) is 0 Å². The molecule has 1 fully saturated rings. The molecule has 26 heavy (non-hydrogen) atoms. The molecule has 0 spiro atoms. The summed E-state index contributed by atoms with van der Waals surface area (Å²) in [6.07, 6.45) is 3.63. The van der Waals surface area contributed by atoms with Crippen LogP contribution in [0.25, 0.3) is 11.0 Å². The van der Waals surface area contributed by atoms with Crippen LogP contribution in [0, 0.1) is 6.92 Å². The van der Waals surface area contributed by atoms with Gasteiger partial charge in [0.2, 0.25) is 0 Å². The number of nitrogens with zero attached hydrogens (tertiary/aromatic N) is 1. The third kappa shape index (κ3) is 3.21. The van der Waals surface area contributed by atoms with Crippen molar-refractivity contribution in [2.45, 2.75) is 32.6 Å². The monoisotopic (exact) mass is 357 g/mol. The lowest BCUT2D eigenvalue weighted by atomic mass is 9.90. The topological polar surface area (TPSA) is 69.0 Å². The quantitative estimate of drug-likeness (QED) is 0.788. The van der Waals surface area contributed by atoms with Crippen LogP contribution >= 0.6 is 0 Å². The normalized spacial score (nSPS) is 17.2. The lowest BCUT2D eigenvalue weighted by molar-refractivity contribution is -0.137. The van der Waals surface area contributed by atoms with Crippen LogP contribution in [0.1, 0.15) is 29.5 Å². The van der Waals surface area contributed by atoms with Crippen LogP contribution in [0.15, 0.2) is 21.3 Å². The van der Waals surface area contributed by atoms with E-state index in [1.165, 1.54) is 0 Å². The Balaban J connectivity index is 1.67. The summed E-state index contributed by atoms with van der Waals surface area (Å²) in [5, 5.41) is 0.847. The molecule has 4 rings (SSSR count). The van der Waals surface area contributed by atoms with Crippen LogP contribution in [0.2, 0.25) is 0 Å². The number of hydrogen-bond acceptors (Lipinski definition) is 5. The van der Waals surface area contributed by atoms with E-state index < -0.39 is 0 Å². The Labute approximate surface area is 151 Å². The highest BCUT2D eigenvalue weighted by atomic mass is 16.5. The molecular weight excluding hydrogens is 334 g/mol. The smallest absolute Gasteiger partial charge is 0.339 e. The van der Waals surface area contributed by atoms with Crippen molar-refractivity contribution in [1.82, 2.24) is 4.90 Å². The van der Waals surface area contributed by atoms with Gasteiger partial charge in [-0.25, -0.2) is 4.79 Å². The minimum atomic E-state index is -0.242. The summed E-state index contributed by atoms with van der Waals surface area (Å²) >= 11 is 0. The maximum Gasteiger partial charge on any atom is 0.339 e. The highest BCUT2D eigenvalue weighted by Gasteiger charge is 2.22. The second-order valence-electron chi connectivity index (χ2n) is 6.97. The van der Waals surface area contributed by atoms with E-state index in [-0.39, 0.29) is 18.1 Å². The predicted octanol–water partition coefficient (Wildman–Crippen LogP) is 2.22. The van der Waals surface area contributed by atoms with Crippen molar-refractivity contribution in [2.75, 3.05) is 32.9 Å². The second kappa shape index (κ2) is 7.11. The van der Waals surface area contributed by atoms with E-state index in [0.717, 1.165) is 47.8 Å². The van der Waals surface area contributed by atoms with Crippen molar-refractivity contribution in [3.63, 3.8) is 0 Å². The van der Waals surface area contributed by atoms with Gasteiger partial charge >= 0.3 is 5.63 Å². The highest BCUT2D eigenvalue weighted by Crippen LogP contribution is 2.34. The van der Waals surface area contributed by atoms with Gasteiger partial charge in [-0.2, -0.15) is 0 Å². The van der Waals surface area contributed by atoms with E-state index in [0.29, 0.717) is 37.6 Å². The molecule has 138 valence electrons. The molecule has 0 atom stereocenters.